The van der Waals surface area contributed by atoms with Crippen molar-refractivity contribution in [3.05, 3.63) is 71.3 Å². The van der Waals surface area contributed by atoms with Gasteiger partial charge in [-0.25, -0.2) is 0 Å². The van der Waals surface area contributed by atoms with Crippen molar-refractivity contribution in [2.75, 3.05) is 6.61 Å². The fourth-order valence-electron chi connectivity index (χ4n) is 3.27. The highest BCUT2D eigenvalue weighted by atomic mass is 16.5. The first-order valence-corrected chi connectivity index (χ1v) is 7.67. The van der Waals surface area contributed by atoms with Gasteiger partial charge in [0.15, 0.2) is 0 Å². The van der Waals surface area contributed by atoms with Crippen LogP contribution in [0.15, 0.2) is 60.2 Å². The number of fused-ring (bicyclic) bond motifs is 1. The van der Waals surface area contributed by atoms with Crippen molar-refractivity contribution in [3.8, 4) is 5.75 Å². The number of benzene rings is 2. The van der Waals surface area contributed by atoms with Crippen molar-refractivity contribution in [1.29, 1.82) is 0 Å². The van der Waals surface area contributed by atoms with Crippen LogP contribution < -0.4 is 4.74 Å². The third-order valence-electron chi connectivity index (χ3n) is 4.18. The minimum absolute atomic E-state index is 0.0136. The molecular formula is C20H22O2. The minimum atomic E-state index is -0.0136. The quantitative estimate of drug-likeness (QED) is 0.827. The second kappa shape index (κ2) is 5.53. The lowest BCUT2D eigenvalue weighted by molar-refractivity contribution is 0.281. The lowest BCUT2D eigenvalue weighted by atomic mass is 9.71. The van der Waals surface area contributed by atoms with E-state index in [0.29, 0.717) is 12.4 Å². The van der Waals surface area contributed by atoms with Crippen molar-refractivity contribution in [2.45, 2.75) is 26.7 Å². The number of aliphatic hydroxyl groups excluding tert-OH is 1. The fourth-order valence-corrected chi connectivity index (χ4v) is 3.27. The van der Waals surface area contributed by atoms with Crippen LogP contribution in [0.1, 0.15) is 37.8 Å². The molecule has 2 nitrogen and oxygen atoms in total. The minimum Gasteiger partial charge on any atom is -0.507 e. The Labute approximate surface area is 132 Å². The third kappa shape index (κ3) is 2.61. The van der Waals surface area contributed by atoms with Gasteiger partial charge in [-0.2, -0.15) is 0 Å². The van der Waals surface area contributed by atoms with Crippen molar-refractivity contribution in [1.82, 2.24) is 0 Å². The highest BCUT2D eigenvalue weighted by Gasteiger charge is 2.34. The average molecular weight is 294 g/mol. The molecule has 1 atom stereocenters. The van der Waals surface area contributed by atoms with E-state index in [2.05, 4.69) is 32.9 Å². The van der Waals surface area contributed by atoms with Crippen molar-refractivity contribution < 1.29 is 9.84 Å². The van der Waals surface area contributed by atoms with Gasteiger partial charge in [-0.05, 0) is 23.1 Å². The van der Waals surface area contributed by atoms with E-state index in [1.54, 1.807) is 0 Å². The Kier molecular flexibility index (Phi) is 3.69. The van der Waals surface area contributed by atoms with Gasteiger partial charge in [0.25, 0.3) is 0 Å². The van der Waals surface area contributed by atoms with E-state index in [0.717, 1.165) is 16.9 Å². The molecule has 2 heteroatoms. The van der Waals surface area contributed by atoms with Crippen LogP contribution in [0.3, 0.4) is 0 Å². The Morgan fingerprint density at radius 1 is 0.955 bits per heavy atom. The molecule has 0 fully saturated rings. The molecule has 22 heavy (non-hydrogen) atoms. The molecular weight excluding hydrogens is 272 g/mol. The zero-order chi connectivity index (χ0) is 15.7. The normalized spacial score (nSPS) is 16.0. The monoisotopic (exact) mass is 294 g/mol. The maximum atomic E-state index is 10.8. The number of rotatable bonds is 2. The predicted octanol–water partition coefficient (Wildman–Crippen LogP) is 5.18. The molecule has 2 aromatic carbocycles. The lowest BCUT2D eigenvalue weighted by Gasteiger charge is -2.35. The van der Waals surface area contributed by atoms with Gasteiger partial charge in [-0.15, -0.1) is 0 Å². The van der Waals surface area contributed by atoms with Gasteiger partial charge in [-0.3, -0.25) is 0 Å². The second-order valence-electron chi connectivity index (χ2n) is 6.87. The second-order valence-corrected chi connectivity index (χ2v) is 6.87. The molecule has 2 aromatic rings. The van der Waals surface area contributed by atoms with Crippen LogP contribution in [-0.4, -0.2) is 11.7 Å². The summed E-state index contributed by atoms with van der Waals surface area (Å²) in [6.45, 7) is 7.03. The van der Waals surface area contributed by atoms with E-state index in [9.17, 15) is 5.11 Å². The highest BCUT2D eigenvalue weighted by molar-refractivity contribution is 5.70. The first-order chi connectivity index (χ1) is 10.5. The van der Waals surface area contributed by atoms with Gasteiger partial charge in [0.2, 0.25) is 0 Å². The summed E-state index contributed by atoms with van der Waals surface area (Å²) in [5.41, 5.74) is 2.94. The van der Waals surface area contributed by atoms with Crippen molar-refractivity contribution >= 4 is 5.76 Å². The van der Waals surface area contributed by atoms with Crippen LogP contribution in [0, 0.1) is 5.41 Å². The summed E-state index contributed by atoms with van der Waals surface area (Å²) in [7, 11) is 0. The van der Waals surface area contributed by atoms with Crippen LogP contribution in [0.5, 0.6) is 5.75 Å². The summed E-state index contributed by atoms with van der Waals surface area (Å²) in [6, 6.07) is 18.0. The van der Waals surface area contributed by atoms with E-state index >= 15 is 0 Å². The Bertz CT molecular complexity index is 693. The highest BCUT2D eigenvalue weighted by Crippen LogP contribution is 2.45. The molecule has 1 heterocycles. The van der Waals surface area contributed by atoms with Gasteiger partial charge in [0.1, 0.15) is 18.1 Å². The molecule has 0 spiro atoms. The standard InChI is InChI=1S/C20H22O2/c1-20(2,3)18(14-9-5-4-6-10-14)16-13-22-17-12-8-7-11-15(17)19(16)21/h4-12,18,21H,13H2,1-3H3. The van der Waals surface area contributed by atoms with Crippen LogP contribution in [0.4, 0.5) is 0 Å². The van der Waals surface area contributed by atoms with Gasteiger partial charge in [0.05, 0.1) is 5.56 Å². The number of aliphatic hydroxyl groups is 1. The van der Waals surface area contributed by atoms with Crippen molar-refractivity contribution in [3.63, 3.8) is 0 Å². The summed E-state index contributed by atoms with van der Waals surface area (Å²) in [5, 5.41) is 10.8. The molecule has 1 unspecified atom stereocenters. The number of hydrogen-bond donors (Lipinski definition) is 1. The summed E-state index contributed by atoms with van der Waals surface area (Å²) in [5.74, 6) is 1.23. The number of ether oxygens (including phenoxy) is 1. The maximum Gasteiger partial charge on any atom is 0.130 e. The first-order valence-electron chi connectivity index (χ1n) is 7.67. The van der Waals surface area contributed by atoms with Gasteiger partial charge in [0, 0.05) is 11.5 Å². The van der Waals surface area contributed by atoms with E-state index in [1.807, 2.05) is 42.5 Å². The largest absolute Gasteiger partial charge is 0.507 e. The topological polar surface area (TPSA) is 29.5 Å². The molecule has 114 valence electrons. The zero-order valence-corrected chi connectivity index (χ0v) is 13.3. The van der Waals surface area contributed by atoms with E-state index in [1.165, 1.54) is 5.56 Å². The molecule has 0 amide bonds. The smallest absolute Gasteiger partial charge is 0.130 e. The van der Waals surface area contributed by atoms with Gasteiger partial charge >= 0.3 is 0 Å². The Balaban J connectivity index is 2.14. The Morgan fingerprint density at radius 3 is 2.27 bits per heavy atom. The average Bonchev–Trinajstić information content (AvgIpc) is 2.50. The molecule has 1 N–H and O–H groups in total. The van der Waals surface area contributed by atoms with Gasteiger partial charge < -0.3 is 9.84 Å². The van der Waals surface area contributed by atoms with Crippen molar-refractivity contribution in [2.24, 2.45) is 5.41 Å². The Hall–Kier alpha value is -2.22. The SMILES string of the molecule is CC(C)(C)C(C1=C(O)c2ccccc2OC1)c1ccccc1. The summed E-state index contributed by atoms with van der Waals surface area (Å²) >= 11 is 0. The molecule has 0 radical (unpaired) electrons. The molecule has 1 aliphatic rings. The summed E-state index contributed by atoms with van der Waals surface area (Å²) < 4.78 is 5.89. The van der Waals surface area contributed by atoms with E-state index in [4.69, 9.17) is 4.74 Å². The first kappa shape index (κ1) is 14.7. The maximum absolute atomic E-state index is 10.8. The summed E-state index contributed by atoms with van der Waals surface area (Å²) in [4.78, 5) is 0. The van der Waals surface area contributed by atoms with Crippen LogP contribution >= 0.6 is 0 Å². The lowest BCUT2D eigenvalue weighted by Crippen LogP contribution is -2.26. The van der Waals surface area contributed by atoms with E-state index in [-0.39, 0.29) is 11.3 Å². The molecule has 3 rings (SSSR count). The van der Waals surface area contributed by atoms with E-state index < -0.39 is 0 Å². The van der Waals surface area contributed by atoms with Gasteiger partial charge in [-0.1, -0.05) is 63.2 Å². The Morgan fingerprint density at radius 2 is 1.59 bits per heavy atom. The van der Waals surface area contributed by atoms with Crippen LogP contribution in [0.2, 0.25) is 0 Å². The third-order valence-corrected chi connectivity index (χ3v) is 4.18. The fraction of sp³-hybridized carbons (Fsp3) is 0.300. The number of para-hydroxylation sites is 1. The molecule has 0 saturated carbocycles. The van der Waals surface area contributed by atoms with Crippen LogP contribution in [-0.2, 0) is 0 Å². The summed E-state index contributed by atoms with van der Waals surface area (Å²) in [6.07, 6.45) is 0. The molecule has 0 aliphatic carbocycles. The molecule has 0 saturated heterocycles. The molecule has 0 aromatic heterocycles. The predicted molar refractivity (Wildman–Crippen MR) is 90.1 cm³/mol. The number of hydrogen-bond acceptors (Lipinski definition) is 2. The zero-order valence-electron chi connectivity index (χ0n) is 13.3. The van der Waals surface area contributed by atoms with Crippen LogP contribution in [0.25, 0.3) is 5.76 Å². The molecule has 0 bridgehead atoms. The molecule has 1 aliphatic heterocycles.